The Balaban J connectivity index is 1.66. The monoisotopic (exact) mass is 271 g/mol. The third-order valence-corrected chi connectivity index (χ3v) is 3.74. The minimum Gasteiger partial charge on any atom is -0.493 e. The molecule has 0 unspecified atom stereocenters. The van der Waals surface area contributed by atoms with Gasteiger partial charge in [0.1, 0.15) is 11.6 Å². The molecule has 1 aliphatic heterocycles. The predicted molar refractivity (Wildman–Crippen MR) is 77.3 cm³/mol. The van der Waals surface area contributed by atoms with E-state index in [-0.39, 0.29) is 11.9 Å². The third kappa shape index (κ3) is 2.68. The van der Waals surface area contributed by atoms with Gasteiger partial charge in [-0.1, -0.05) is 30.3 Å². The first-order valence-corrected chi connectivity index (χ1v) is 6.96. The summed E-state index contributed by atoms with van der Waals surface area (Å²) >= 11 is 0. The lowest BCUT2D eigenvalue weighted by molar-refractivity contribution is 0.357. The van der Waals surface area contributed by atoms with Gasteiger partial charge in [-0.25, -0.2) is 4.39 Å². The van der Waals surface area contributed by atoms with Gasteiger partial charge in [-0.05, 0) is 30.2 Å². The van der Waals surface area contributed by atoms with Crippen LogP contribution in [0.25, 0.3) is 0 Å². The maximum absolute atomic E-state index is 13.7. The van der Waals surface area contributed by atoms with Crippen LogP contribution in [0, 0.1) is 5.82 Å². The lowest BCUT2D eigenvalue weighted by Crippen LogP contribution is -2.19. The smallest absolute Gasteiger partial charge is 0.127 e. The molecule has 0 radical (unpaired) electrons. The first-order chi connectivity index (χ1) is 9.74. The van der Waals surface area contributed by atoms with Crippen molar-refractivity contribution >= 4 is 0 Å². The Morgan fingerprint density at radius 1 is 1.25 bits per heavy atom. The summed E-state index contributed by atoms with van der Waals surface area (Å²) in [5.74, 6) is 0.839. The van der Waals surface area contributed by atoms with Crippen molar-refractivity contribution in [3.8, 4) is 5.75 Å². The normalized spacial score (nSPS) is 14.7. The fraction of sp³-hybridized carbons (Fsp3) is 0.294. The van der Waals surface area contributed by atoms with E-state index < -0.39 is 0 Å². The average molecular weight is 271 g/mol. The molecule has 3 rings (SSSR count). The van der Waals surface area contributed by atoms with Gasteiger partial charge in [0, 0.05) is 24.6 Å². The van der Waals surface area contributed by atoms with Crippen LogP contribution in [-0.4, -0.2) is 6.61 Å². The van der Waals surface area contributed by atoms with Crippen LogP contribution < -0.4 is 10.1 Å². The summed E-state index contributed by atoms with van der Waals surface area (Å²) in [4.78, 5) is 0. The molecule has 2 nitrogen and oxygen atoms in total. The minimum absolute atomic E-state index is 0.0132. The second-order valence-electron chi connectivity index (χ2n) is 5.16. The maximum Gasteiger partial charge on any atom is 0.127 e. The zero-order valence-corrected chi connectivity index (χ0v) is 11.5. The van der Waals surface area contributed by atoms with Gasteiger partial charge in [0.15, 0.2) is 0 Å². The SMILES string of the molecule is C[C@@H](NCc1ccc2c(c1)CCO2)c1ccccc1F. The Bertz CT molecular complexity index is 612. The van der Waals surface area contributed by atoms with Gasteiger partial charge in [0.25, 0.3) is 0 Å². The Hall–Kier alpha value is -1.87. The van der Waals surface area contributed by atoms with Crippen LogP contribution in [0.2, 0.25) is 0 Å². The molecule has 1 aliphatic rings. The van der Waals surface area contributed by atoms with Gasteiger partial charge in [-0.3, -0.25) is 0 Å². The van der Waals surface area contributed by atoms with Crippen LogP contribution in [0.5, 0.6) is 5.75 Å². The van der Waals surface area contributed by atoms with Gasteiger partial charge in [-0.2, -0.15) is 0 Å². The van der Waals surface area contributed by atoms with Crippen LogP contribution in [0.15, 0.2) is 42.5 Å². The summed E-state index contributed by atoms with van der Waals surface area (Å²) in [5.41, 5.74) is 3.18. The highest BCUT2D eigenvalue weighted by Gasteiger charge is 2.13. The van der Waals surface area contributed by atoms with E-state index in [0.717, 1.165) is 25.3 Å². The van der Waals surface area contributed by atoms with E-state index in [1.165, 1.54) is 17.2 Å². The lowest BCUT2D eigenvalue weighted by Gasteiger charge is -2.15. The summed E-state index contributed by atoms with van der Waals surface area (Å²) in [5, 5.41) is 3.37. The van der Waals surface area contributed by atoms with Crippen molar-refractivity contribution in [2.75, 3.05) is 6.61 Å². The molecule has 1 heterocycles. The quantitative estimate of drug-likeness (QED) is 0.917. The molecular weight excluding hydrogens is 253 g/mol. The molecule has 0 spiro atoms. The summed E-state index contributed by atoms with van der Waals surface area (Å²) < 4.78 is 19.2. The molecule has 1 N–H and O–H groups in total. The molecule has 0 aliphatic carbocycles. The number of ether oxygens (including phenoxy) is 1. The highest BCUT2D eigenvalue weighted by molar-refractivity contribution is 5.39. The standard InChI is InChI=1S/C17H18FNO/c1-12(15-4-2-3-5-16(15)18)19-11-13-6-7-17-14(10-13)8-9-20-17/h2-7,10,12,19H,8-9,11H2,1H3/t12-/m1/s1. The molecule has 0 saturated heterocycles. The Morgan fingerprint density at radius 3 is 2.95 bits per heavy atom. The lowest BCUT2D eigenvalue weighted by atomic mass is 10.1. The van der Waals surface area contributed by atoms with Gasteiger partial charge >= 0.3 is 0 Å². The maximum atomic E-state index is 13.7. The van der Waals surface area contributed by atoms with Crippen molar-refractivity contribution < 1.29 is 9.13 Å². The molecule has 0 amide bonds. The highest BCUT2D eigenvalue weighted by atomic mass is 19.1. The Kier molecular flexibility index (Phi) is 3.70. The summed E-state index contributed by atoms with van der Waals surface area (Å²) in [7, 11) is 0. The number of hydrogen-bond acceptors (Lipinski definition) is 2. The van der Waals surface area contributed by atoms with E-state index in [2.05, 4.69) is 17.4 Å². The van der Waals surface area contributed by atoms with Crippen molar-refractivity contribution in [3.63, 3.8) is 0 Å². The Labute approximate surface area is 118 Å². The molecule has 104 valence electrons. The molecule has 0 bridgehead atoms. The fourth-order valence-corrected chi connectivity index (χ4v) is 2.56. The number of rotatable bonds is 4. The number of fused-ring (bicyclic) bond motifs is 1. The number of benzene rings is 2. The summed E-state index contributed by atoms with van der Waals surface area (Å²) in [6.45, 7) is 3.48. The second kappa shape index (κ2) is 5.63. The highest BCUT2D eigenvalue weighted by Crippen LogP contribution is 2.26. The molecule has 2 aromatic rings. The van der Waals surface area contributed by atoms with Gasteiger partial charge in [0.05, 0.1) is 6.61 Å². The van der Waals surface area contributed by atoms with E-state index in [1.807, 2.05) is 25.1 Å². The number of halogens is 1. The summed E-state index contributed by atoms with van der Waals surface area (Å²) in [6.07, 6.45) is 0.978. The third-order valence-electron chi connectivity index (χ3n) is 3.74. The second-order valence-corrected chi connectivity index (χ2v) is 5.16. The van der Waals surface area contributed by atoms with Gasteiger partial charge in [-0.15, -0.1) is 0 Å². The van der Waals surface area contributed by atoms with Gasteiger partial charge < -0.3 is 10.1 Å². The minimum atomic E-state index is -0.158. The molecule has 2 aromatic carbocycles. The van der Waals surface area contributed by atoms with E-state index in [1.54, 1.807) is 6.07 Å². The Morgan fingerprint density at radius 2 is 2.10 bits per heavy atom. The van der Waals surface area contributed by atoms with Crippen molar-refractivity contribution in [1.82, 2.24) is 5.32 Å². The largest absolute Gasteiger partial charge is 0.493 e. The molecular formula is C17H18FNO. The van der Waals surface area contributed by atoms with Crippen molar-refractivity contribution in [2.45, 2.75) is 25.9 Å². The van der Waals surface area contributed by atoms with Gasteiger partial charge in [0.2, 0.25) is 0 Å². The van der Waals surface area contributed by atoms with Crippen LogP contribution in [-0.2, 0) is 13.0 Å². The van der Waals surface area contributed by atoms with Crippen molar-refractivity contribution in [3.05, 3.63) is 65.0 Å². The fourth-order valence-electron chi connectivity index (χ4n) is 2.56. The first kappa shape index (κ1) is 13.1. The molecule has 3 heteroatoms. The number of hydrogen-bond donors (Lipinski definition) is 1. The van der Waals surface area contributed by atoms with E-state index >= 15 is 0 Å². The van der Waals surface area contributed by atoms with E-state index in [9.17, 15) is 4.39 Å². The van der Waals surface area contributed by atoms with Crippen LogP contribution in [0.4, 0.5) is 4.39 Å². The molecule has 20 heavy (non-hydrogen) atoms. The summed E-state index contributed by atoms with van der Waals surface area (Å²) in [6, 6.07) is 13.1. The van der Waals surface area contributed by atoms with E-state index in [0.29, 0.717) is 5.56 Å². The first-order valence-electron chi connectivity index (χ1n) is 6.96. The molecule has 0 fully saturated rings. The zero-order chi connectivity index (χ0) is 13.9. The predicted octanol–water partition coefficient (Wildman–Crippen LogP) is 3.61. The van der Waals surface area contributed by atoms with Crippen LogP contribution in [0.3, 0.4) is 0 Å². The topological polar surface area (TPSA) is 21.3 Å². The average Bonchev–Trinajstić information content (AvgIpc) is 2.92. The zero-order valence-electron chi connectivity index (χ0n) is 11.5. The van der Waals surface area contributed by atoms with Crippen LogP contribution >= 0.6 is 0 Å². The van der Waals surface area contributed by atoms with Crippen molar-refractivity contribution in [1.29, 1.82) is 0 Å². The molecule has 1 atom stereocenters. The van der Waals surface area contributed by atoms with E-state index in [4.69, 9.17) is 4.74 Å². The molecule has 0 saturated carbocycles. The number of nitrogens with one attached hydrogen (secondary N) is 1. The molecule has 0 aromatic heterocycles. The van der Waals surface area contributed by atoms with Crippen molar-refractivity contribution in [2.24, 2.45) is 0 Å². The van der Waals surface area contributed by atoms with Crippen LogP contribution in [0.1, 0.15) is 29.7 Å².